The summed E-state index contributed by atoms with van der Waals surface area (Å²) in [6.45, 7) is 2.79. The number of alkyl halides is 2. The molecule has 0 aromatic heterocycles. The molecule has 0 saturated carbocycles. The Bertz CT molecular complexity index is 1040. The number of aliphatic hydroxyl groups is 1. The first-order chi connectivity index (χ1) is 18.1. The van der Waals surface area contributed by atoms with Crippen LogP contribution < -0.4 is 16.0 Å². The maximum atomic E-state index is 13.5. The molecule has 208 valence electrons. The van der Waals surface area contributed by atoms with E-state index in [2.05, 4.69) is 16.0 Å². The smallest absolute Gasteiger partial charge is 0.245 e. The van der Waals surface area contributed by atoms with Crippen molar-refractivity contribution in [1.29, 1.82) is 0 Å². The van der Waals surface area contributed by atoms with E-state index in [4.69, 9.17) is 23.2 Å². The maximum Gasteiger partial charge on any atom is 0.245 e. The zero-order valence-electron chi connectivity index (χ0n) is 21.4. The number of hydrogen-bond donors (Lipinski definition) is 4. The molecule has 7 atom stereocenters. The lowest BCUT2D eigenvalue weighted by Gasteiger charge is -2.31. The van der Waals surface area contributed by atoms with Gasteiger partial charge in [-0.25, -0.2) is 0 Å². The van der Waals surface area contributed by atoms with Gasteiger partial charge < -0.3 is 26.0 Å². The van der Waals surface area contributed by atoms with E-state index >= 15 is 0 Å². The number of carbonyl (C=O) groups excluding carboxylic acids is 5. The highest BCUT2D eigenvalue weighted by atomic mass is 35.5. The number of nitrogens with zero attached hydrogens (tertiary/aromatic N) is 1. The van der Waals surface area contributed by atoms with E-state index in [9.17, 15) is 29.1 Å². The highest BCUT2D eigenvalue weighted by molar-refractivity contribution is 6.32. The molecule has 3 rings (SSSR count). The molecule has 10 nitrogen and oxygen atoms in total. The van der Waals surface area contributed by atoms with Crippen molar-refractivity contribution in [2.45, 2.75) is 74.5 Å². The van der Waals surface area contributed by atoms with Crippen LogP contribution in [0.4, 0.5) is 0 Å². The van der Waals surface area contributed by atoms with E-state index in [1.165, 1.54) is 4.90 Å². The van der Waals surface area contributed by atoms with Crippen molar-refractivity contribution in [2.75, 3.05) is 13.2 Å². The molecule has 38 heavy (non-hydrogen) atoms. The Balaban J connectivity index is 2.00. The number of nitrogens with one attached hydrogen (secondary N) is 3. The van der Waals surface area contributed by atoms with Crippen molar-refractivity contribution in [3.05, 3.63) is 35.9 Å². The van der Waals surface area contributed by atoms with Gasteiger partial charge in [-0.1, -0.05) is 44.2 Å². The van der Waals surface area contributed by atoms with Gasteiger partial charge in [0.15, 0.2) is 5.78 Å². The molecule has 12 heteroatoms. The van der Waals surface area contributed by atoms with Crippen molar-refractivity contribution < 1.29 is 29.1 Å². The number of aliphatic hydroxyl groups excluding tert-OH is 1. The molecule has 0 aliphatic carbocycles. The molecular weight excluding hydrogens is 535 g/mol. The lowest BCUT2D eigenvalue weighted by molar-refractivity contribution is -0.142. The van der Waals surface area contributed by atoms with Crippen LogP contribution in [0, 0.1) is 5.92 Å². The monoisotopic (exact) mass is 568 g/mol. The molecule has 1 aromatic rings. The van der Waals surface area contributed by atoms with E-state index in [0.29, 0.717) is 5.56 Å². The van der Waals surface area contributed by atoms with Crippen LogP contribution in [0.5, 0.6) is 0 Å². The molecule has 2 aliphatic heterocycles. The number of rotatable bonds is 4. The van der Waals surface area contributed by atoms with Crippen LogP contribution >= 0.6 is 23.2 Å². The number of ketones is 1. The van der Waals surface area contributed by atoms with Gasteiger partial charge in [0.2, 0.25) is 23.6 Å². The summed E-state index contributed by atoms with van der Waals surface area (Å²) < 4.78 is 0. The summed E-state index contributed by atoms with van der Waals surface area (Å²) in [6.07, 6.45) is 0.0768. The van der Waals surface area contributed by atoms with Gasteiger partial charge in [0.25, 0.3) is 0 Å². The predicted molar refractivity (Wildman–Crippen MR) is 141 cm³/mol. The van der Waals surface area contributed by atoms with E-state index in [-0.39, 0.29) is 32.2 Å². The third kappa shape index (κ3) is 6.84. The number of hydrogen-bond acceptors (Lipinski definition) is 6. The van der Waals surface area contributed by atoms with E-state index in [1.807, 2.05) is 0 Å². The van der Waals surface area contributed by atoms with Gasteiger partial charge >= 0.3 is 0 Å². The first-order valence-electron chi connectivity index (χ1n) is 12.8. The second kappa shape index (κ2) is 13.4. The number of carbonyl (C=O) groups is 5. The SMILES string of the molecule is CC[C@@H]1CC(=O)[C@@H]2[C@H](Cl)[C@H](Cl)CN2C(=O)[C@H](CC)NC(=O)C[C@H](c2ccccc2)NC(=O)[C@H](CO)NC1=O. The van der Waals surface area contributed by atoms with Crippen molar-refractivity contribution in [3.63, 3.8) is 0 Å². The second-order valence-corrected chi connectivity index (χ2v) is 10.7. The summed E-state index contributed by atoms with van der Waals surface area (Å²) in [4.78, 5) is 67.3. The van der Waals surface area contributed by atoms with Gasteiger partial charge in [-0.05, 0) is 18.4 Å². The number of amides is 4. The van der Waals surface area contributed by atoms with Crippen molar-refractivity contribution in [1.82, 2.24) is 20.9 Å². The minimum Gasteiger partial charge on any atom is -0.394 e. The van der Waals surface area contributed by atoms with Crippen LogP contribution in [0.25, 0.3) is 0 Å². The molecule has 0 radical (unpaired) electrons. The Morgan fingerprint density at radius 2 is 1.58 bits per heavy atom. The average Bonchev–Trinajstić information content (AvgIpc) is 3.21. The van der Waals surface area contributed by atoms with Crippen LogP contribution in [0.15, 0.2) is 30.3 Å². The van der Waals surface area contributed by atoms with Crippen LogP contribution in [-0.4, -0.2) is 81.4 Å². The first kappa shape index (κ1) is 29.9. The molecule has 2 saturated heterocycles. The van der Waals surface area contributed by atoms with Crippen molar-refractivity contribution in [3.8, 4) is 0 Å². The highest BCUT2D eigenvalue weighted by Crippen LogP contribution is 2.31. The summed E-state index contributed by atoms with van der Waals surface area (Å²) in [5, 5.41) is 16.3. The zero-order valence-corrected chi connectivity index (χ0v) is 22.9. The minimum absolute atomic E-state index is 0.0234. The van der Waals surface area contributed by atoms with Crippen molar-refractivity contribution in [2.24, 2.45) is 5.92 Å². The van der Waals surface area contributed by atoms with Gasteiger partial charge in [0, 0.05) is 18.9 Å². The van der Waals surface area contributed by atoms with Gasteiger partial charge in [-0.2, -0.15) is 0 Å². The molecule has 2 aliphatic rings. The number of halogens is 2. The third-order valence-corrected chi connectivity index (χ3v) is 8.12. The average molecular weight is 569 g/mol. The van der Waals surface area contributed by atoms with Gasteiger partial charge in [0.1, 0.15) is 18.1 Å². The molecule has 4 amide bonds. The first-order valence-corrected chi connectivity index (χ1v) is 13.7. The standard InChI is InChI=1S/C26H34Cl2N4O6/c1-3-14-10-20(34)23-22(28)16(27)12-32(23)26(38)17(4-2)29-21(35)11-18(15-8-6-5-7-9-15)30-25(37)19(13-33)31-24(14)36/h5-9,14,16-19,22-23,33H,3-4,10-13H2,1-2H3,(H,29,35)(H,30,37)(H,31,36)/t14-,16-,17+,18-,19+,22-,23-/m1/s1. The molecule has 0 unspecified atom stereocenters. The van der Waals surface area contributed by atoms with Gasteiger partial charge in [-0.3, -0.25) is 24.0 Å². The predicted octanol–water partition coefficient (Wildman–Crippen LogP) is 1.03. The Morgan fingerprint density at radius 3 is 2.18 bits per heavy atom. The normalized spacial score (nSPS) is 31.9. The fourth-order valence-electron chi connectivity index (χ4n) is 4.81. The summed E-state index contributed by atoms with van der Waals surface area (Å²) in [7, 11) is 0. The van der Waals surface area contributed by atoms with E-state index in [1.54, 1.807) is 44.2 Å². The van der Waals surface area contributed by atoms with Gasteiger partial charge in [-0.15, -0.1) is 23.2 Å². The number of Topliss-reactive ketones (excluding diaryl/α,β-unsaturated/α-hetero) is 1. The highest BCUT2D eigenvalue weighted by Gasteiger charge is 2.48. The minimum atomic E-state index is -1.30. The van der Waals surface area contributed by atoms with E-state index < -0.39 is 76.9 Å². The van der Waals surface area contributed by atoms with Crippen LogP contribution in [0.1, 0.15) is 51.1 Å². The summed E-state index contributed by atoms with van der Waals surface area (Å²) in [5.41, 5.74) is 0.631. The van der Waals surface area contributed by atoms with Crippen LogP contribution in [-0.2, 0) is 24.0 Å². The molecule has 0 bridgehead atoms. The van der Waals surface area contributed by atoms with Gasteiger partial charge in [0.05, 0.1) is 29.8 Å². The maximum absolute atomic E-state index is 13.5. The molecule has 4 N–H and O–H groups in total. The zero-order chi connectivity index (χ0) is 28.0. The summed E-state index contributed by atoms with van der Waals surface area (Å²) in [5.74, 6) is -3.53. The Hall–Kier alpha value is -2.69. The fraction of sp³-hybridized carbons (Fsp3) is 0.577. The van der Waals surface area contributed by atoms with Crippen LogP contribution in [0.3, 0.4) is 0 Å². The second-order valence-electron chi connectivity index (χ2n) is 9.62. The Labute approximate surface area is 231 Å². The lowest BCUT2D eigenvalue weighted by Crippen LogP contribution is -2.55. The molecule has 2 heterocycles. The Morgan fingerprint density at radius 1 is 0.895 bits per heavy atom. The van der Waals surface area contributed by atoms with Crippen molar-refractivity contribution >= 4 is 52.6 Å². The molecular formula is C26H34Cl2N4O6. The molecule has 2 fully saturated rings. The number of benzene rings is 1. The molecule has 1 aromatic carbocycles. The third-order valence-electron chi connectivity index (χ3n) is 7.04. The largest absolute Gasteiger partial charge is 0.394 e. The fourth-order valence-corrected chi connectivity index (χ4v) is 5.45. The topological polar surface area (TPSA) is 145 Å². The van der Waals surface area contributed by atoms with Crippen LogP contribution in [0.2, 0.25) is 0 Å². The lowest BCUT2D eigenvalue weighted by atomic mass is 9.93. The number of fused-ring (bicyclic) bond motifs is 1. The summed E-state index contributed by atoms with van der Waals surface area (Å²) in [6, 6.07) is 4.66. The quantitative estimate of drug-likeness (QED) is 0.399. The molecule has 0 spiro atoms. The van der Waals surface area contributed by atoms with E-state index in [0.717, 1.165) is 0 Å². The summed E-state index contributed by atoms with van der Waals surface area (Å²) >= 11 is 12.8. The Kier molecular flexibility index (Phi) is 10.5.